The number of halogens is 1. The summed E-state index contributed by atoms with van der Waals surface area (Å²) >= 11 is 5.72. The monoisotopic (exact) mass is 268 g/mol. The fourth-order valence-corrected chi connectivity index (χ4v) is 1.74. The first-order chi connectivity index (χ1) is 8.49. The molecule has 1 rings (SSSR count). The van der Waals surface area contributed by atoms with Gasteiger partial charge in [0.05, 0.1) is 29.6 Å². The molecule has 0 aliphatic carbocycles. The van der Waals surface area contributed by atoms with E-state index in [1.54, 1.807) is 6.92 Å². The van der Waals surface area contributed by atoms with Gasteiger partial charge in [-0.25, -0.2) is 0 Å². The lowest BCUT2D eigenvalue weighted by Crippen LogP contribution is -2.09. The van der Waals surface area contributed by atoms with Crippen LogP contribution < -0.4 is 0 Å². The molecule has 0 unspecified atom stereocenters. The van der Waals surface area contributed by atoms with Gasteiger partial charge in [0.2, 0.25) is 0 Å². The van der Waals surface area contributed by atoms with Crippen LogP contribution >= 0.6 is 11.6 Å². The first-order valence-corrected chi connectivity index (χ1v) is 5.40. The molecule has 7 heteroatoms. The van der Waals surface area contributed by atoms with Crippen LogP contribution in [0.15, 0.2) is 12.1 Å². The number of carbonyl (C=O) groups is 1. The average molecular weight is 269 g/mol. The highest BCUT2D eigenvalue weighted by atomic mass is 35.5. The van der Waals surface area contributed by atoms with Gasteiger partial charge in [0.15, 0.2) is 0 Å². The number of nitrogens with zero attached hydrogens (tertiary/aromatic N) is 2. The molecular weight excluding hydrogens is 260 g/mol. The number of carbonyl (C=O) groups excluding carboxylic acids is 1. The van der Waals surface area contributed by atoms with Crippen LogP contribution in [0, 0.1) is 21.4 Å². The molecule has 0 amide bonds. The normalized spacial score (nSPS) is 9.61. The van der Waals surface area contributed by atoms with E-state index in [1.807, 2.05) is 6.07 Å². The predicted molar refractivity (Wildman–Crippen MR) is 63.2 cm³/mol. The van der Waals surface area contributed by atoms with E-state index < -0.39 is 10.9 Å². The van der Waals surface area contributed by atoms with E-state index in [1.165, 1.54) is 12.1 Å². The number of nitro benzene ring substituents is 1. The number of hydrogen-bond acceptors (Lipinski definition) is 5. The number of esters is 1. The molecule has 0 aliphatic heterocycles. The summed E-state index contributed by atoms with van der Waals surface area (Å²) < 4.78 is 4.71. The van der Waals surface area contributed by atoms with Crippen molar-refractivity contribution in [1.82, 2.24) is 0 Å². The Morgan fingerprint density at radius 2 is 2.28 bits per heavy atom. The second-order valence-corrected chi connectivity index (χ2v) is 3.72. The van der Waals surface area contributed by atoms with Crippen molar-refractivity contribution < 1.29 is 14.5 Å². The molecule has 0 fully saturated rings. The zero-order valence-electron chi connectivity index (χ0n) is 9.47. The van der Waals surface area contributed by atoms with Crippen LogP contribution in [-0.4, -0.2) is 17.5 Å². The summed E-state index contributed by atoms with van der Waals surface area (Å²) in [5.41, 5.74) is -0.142. The number of benzene rings is 1. The maximum atomic E-state index is 11.3. The Balaban J connectivity index is 3.22. The topological polar surface area (TPSA) is 93.2 Å². The van der Waals surface area contributed by atoms with Crippen LogP contribution in [0.4, 0.5) is 5.69 Å². The molecule has 18 heavy (non-hydrogen) atoms. The molecule has 1 aromatic carbocycles. The van der Waals surface area contributed by atoms with Crippen molar-refractivity contribution >= 4 is 23.3 Å². The van der Waals surface area contributed by atoms with Gasteiger partial charge < -0.3 is 4.74 Å². The van der Waals surface area contributed by atoms with E-state index in [0.29, 0.717) is 0 Å². The third-order valence-electron chi connectivity index (χ3n) is 2.09. The molecule has 0 atom stereocenters. The number of hydrogen-bond donors (Lipinski definition) is 0. The van der Waals surface area contributed by atoms with Gasteiger partial charge in [-0.05, 0) is 19.1 Å². The zero-order chi connectivity index (χ0) is 13.7. The first kappa shape index (κ1) is 13.9. The molecule has 0 aromatic heterocycles. The molecule has 0 spiro atoms. The van der Waals surface area contributed by atoms with Crippen LogP contribution in [0.3, 0.4) is 0 Å². The second-order valence-electron chi connectivity index (χ2n) is 3.32. The molecule has 0 N–H and O–H groups in total. The van der Waals surface area contributed by atoms with Crippen LogP contribution in [0.2, 0.25) is 5.02 Å². The number of ether oxygens (including phenoxy) is 1. The largest absolute Gasteiger partial charge is 0.466 e. The van der Waals surface area contributed by atoms with E-state index in [9.17, 15) is 14.9 Å². The number of rotatable bonds is 4. The third-order valence-corrected chi connectivity index (χ3v) is 2.38. The van der Waals surface area contributed by atoms with Gasteiger partial charge in [-0.1, -0.05) is 11.6 Å². The van der Waals surface area contributed by atoms with Crippen molar-refractivity contribution in [3.05, 3.63) is 38.4 Å². The summed E-state index contributed by atoms with van der Waals surface area (Å²) in [6.07, 6.45) is -0.292. The third kappa shape index (κ3) is 3.18. The molecule has 0 aliphatic rings. The van der Waals surface area contributed by atoms with Crippen molar-refractivity contribution in [3.63, 3.8) is 0 Å². The SMILES string of the molecule is CCOC(=O)Cc1cc(C#N)cc(Cl)c1[N+](=O)[O-]. The lowest BCUT2D eigenvalue weighted by atomic mass is 10.1. The summed E-state index contributed by atoms with van der Waals surface area (Å²) in [5.74, 6) is -0.605. The van der Waals surface area contributed by atoms with Crippen molar-refractivity contribution in [1.29, 1.82) is 5.26 Å². The predicted octanol–water partition coefficient (Wildman–Crippen LogP) is 2.23. The highest BCUT2D eigenvalue weighted by Gasteiger charge is 2.22. The van der Waals surface area contributed by atoms with Gasteiger partial charge in [0, 0.05) is 5.56 Å². The summed E-state index contributed by atoms with van der Waals surface area (Å²) in [5, 5.41) is 19.5. The van der Waals surface area contributed by atoms with Crippen LogP contribution in [0.25, 0.3) is 0 Å². The summed E-state index contributed by atoms with van der Waals surface area (Å²) in [4.78, 5) is 21.5. The Labute approximate surface area is 108 Å². The quantitative estimate of drug-likeness (QED) is 0.474. The van der Waals surface area contributed by atoms with Gasteiger partial charge in [-0.15, -0.1) is 0 Å². The van der Waals surface area contributed by atoms with Gasteiger partial charge >= 0.3 is 5.97 Å². The molecule has 0 saturated heterocycles. The highest BCUT2D eigenvalue weighted by molar-refractivity contribution is 6.33. The van der Waals surface area contributed by atoms with E-state index in [4.69, 9.17) is 21.6 Å². The summed E-state index contributed by atoms with van der Waals surface area (Å²) in [6, 6.07) is 4.27. The maximum absolute atomic E-state index is 11.3. The minimum atomic E-state index is -0.682. The van der Waals surface area contributed by atoms with Gasteiger partial charge in [0.25, 0.3) is 5.69 Å². The van der Waals surface area contributed by atoms with Gasteiger partial charge in [-0.2, -0.15) is 5.26 Å². The smallest absolute Gasteiger partial charge is 0.310 e. The zero-order valence-corrected chi connectivity index (χ0v) is 10.2. The Morgan fingerprint density at radius 1 is 1.61 bits per heavy atom. The first-order valence-electron chi connectivity index (χ1n) is 5.02. The van der Waals surface area contributed by atoms with E-state index >= 15 is 0 Å². The summed E-state index contributed by atoms with van der Waals surface area (Å²) in [6.45, 7) is 1.81. The Hall–Kier alpha value is -2.13. The Bertz CT molecular complexity index is 537. The Kier molecular flexibility index (Phi) is 4.63. The standard InChI is InChI=1S/C11H9ClN2O4/c1-2-18-10(15)5-8-3-7(6-13)4-9(12)11(8)14(16)17/h3-4H,2,5H2,1H3. The van der Waals surface area contributed by atoms with Crippen molar-refractivity contribution in [2.75, 3.05) is 6.61 Å². The van der Waals surface area contributed by atoms with E-state index in [-0.39, 0.29) is 34.9 Å². The minimum Gasteiger partial charge on any atom is -0.466 e. The average Bonchev–Trinajstić information content (AvgIpc) is 2.27. The second kappa shape index (κ2) is 5.98. The molecule has 6 nitrogen and oxygen atoms in total. The van der Waals surface area contributed by atoms with Crippen LogP contribution in [0.1, 0.15) is 18.1 Å². The van der Waals surface area contributed by atoms with Crippen LogP contribution in [-0.2, 0) is 16.0 Å². The molecule has 0 radical (unpaired) electrons. The molecule has 0 saturated carbocycles. The Morgan fingerprint density at radius 3 is 2.78 bits per heavy atom. The summed E-state index contributed by atoms with van der Waals surface area (Å²) in [7, 11) is 0. The highest BCUT2D eigenvalue weighted by Crippen LogP contribution is 2.30. The lowest BCUT2D eigenvalue weighted by molar-refractivity contribution is -0.385. The minimum absolute atomic E-state index is 0.0718. The van der Waals surface area contributed by atoms with Crippen LogP contribution in [0.5, 0.6) is 0 Å². The van der Waals surface area contributed by atoms with Crippen molar-refractivity contribution in [3.8, 4) is 6.07 Å². The molecule has 1 aromatic rings. The molecule has 0 heterocycles. The molecular formula is C11H9ClN2O4. The van der Waals surface area contributed by atoms with Gasteiger partial charge in [-0.3, -0.25) is 14.9 Å². The molecule has 0 bridgehead atoms. The van der Waals surface area contributed by atoms with E-state index in [0.717, 1.165) is 0 Å². The van der Waals surface area contributed by atoms with Gasteiger partial charge in [0.1, 0.15) is 5.02 Å². The number of nitriles is 1. The lowest BCUT2D eigenvalue weighted by Gasteiger charge is -2.05. The maximum Gasteiger partial charge on any atom is 0.310 e. The fourth-order valence-electron chi connectivity index (χ4n) is 1.43. The number of nitro groups is 1. The van der Waals surface area contributed by atoms with E-state index in [2.05, 4.69) is 0 Å². The molecule has 94 valence electrons. The van der Waals surface area contributed by atoms with Crippen molar-refractivity contribution in [2.45, 2.75) is 13.3 Å². The fraction of sp³-hybridized carbons (Fsp3) is 0.273. The van der Waals surface area contributed by atoms with Crippen molar-refractivity contribution in [2.24, 2.45) is 0 Å².